The minimum absolute atomic E-state index is 0. The van der Waals surface area contributed by atoms with E-state index in [9.17, 15) is 40.3 Å². The first kappa shape index (κ1) is 39.5. The number of ether oxygens (including phenoxy) is 3. The van der Waals surface area contributed by atoms with Crippen LogP contribution >= 0.6 is 0 Å². The van der Waals surface area contributed by atoms with Gasteiger partial charge in [0.25, 0.3) is 11.1 Å². The number of hydrogen-bond acceptors (Lipinski definition) is 8. The van der Waals surface area contributed by atoms with E-state index in [2.05, 4.69) is 29.4 Å². The molecule has 0 bridgehead atoms. The summed E-state index contributed by atoms with van der Waals surface area (Å²) in [4.78, 5) is 37.4. The number of methoxy groups -OCH3 is 1. The maximum atomic E-state index is 13.7. The van der Waals surface area contributed by atoms with Crippen molar-refractivity contribution in [2.24, 2.45) is 0 Å². The van der Waals surface area contributed by atoms with Gasteiger partial charge in [0, 0.05) is 23.5 Å². The number of pyridine rings is 4. The minimum atomic E-state index is -4.98. The predicted molar refractivity (Wildman–Crippen MR) is 161 cm³/mol. The van der Waals surface area contributed by atoms with E-state index in [1.54, 1.807) is 36.5 Å². The monoisotopic (exact) mass is 714 g/mol. The summed E-state index contributed by atoms with van der Waals surface area (Å²) < 4.78 is 99.7. The van der Waals surface area contributed by atoms with Gasteiger partial charge >= 0.3 is 42.3 Å². The summed E-state index contributed by atoms with van der Waals surface area (Å²) in [5.41, 5.74) is 1.40. The number of aromatic amines is 2. The van der Waals surface area contributed by atoms with Crippen molar-refractivity contribution in [2.75, 3.05) is 14.2 Å². The van der Waals surface area contributed by atoms with Gasteiger partial charge in [-0.3, -0.25) is 19.6 Å². The van der Waals surface area contributed by atoms with Gasteiger partial charge in [-0.1, -0.05) is 0 Å². The van der Waals surface area contributed by atoms with Crippen molar-refractivity contribution in [3.8, 4) is 39.8 Å². The number of nitrogens with zero attached hydrogens (tertiary/aromatic N) is 2. The van der Waals surface area contributed by atoms with Crippen LogP contribution in [0.3, 0.4) is 0 Å². The number of halogens is 7. The normalized spacial score (nSPS) is 11.0. The number of alkyl halides is 6. The molecule has 0 fully saturated rings. The molecule has 6 rings (SSSR count). The van der Waals surface area contributed by atoms with Gasteiger partial charge in [-0.05, 0) is 72.8 Å². The Kier molecular flexibility index (Phi) is 13.1. The fourth-order valence-corrected chi connectivity index (χ4v) is 4.40. The molecule has 4 aromatic heterocycles. The summed E-state index contributed by atoms with van der Waals surface area (Å²) >= 11 is 0. The first-order valence-corrected chi connectivity index (χ1v) is 13.6. The molecule has 0 atom stereocenters. The molecule has 6 aromatic rings. The standard InChI is InChI=1S/C16H11F3N2O3.C15H8F4N2O2.CH3O.Na/c1-23-14-7-9(4-5-13(14)24-16(17,18)19)11-8-12-10(15(22)21-11)3-2-6-20-12;16-10-6-8(3-4-13(10)23-15(17,18)19)11-7-12-9(14(22)21-11)2-1-5-20-12;1-2;/h2-8H,1H3,(H,21,22);1-7H,(H,21,22);1H3;/q;;-1;+1. The molecule has 18 heteroatoms. The minimum Gasteiger partial charge on any atom is -0.857 e. The van der Waals surface area contributed by atoms with Gasteiger partial charge in [-0.25, -0.2) is 4.39 Å². The smallest absolute Gasteiger partial charge is 0.857 e. The number of rotatable bonds is 5. The second kappa shape index (κ2) is 16.6. The first-order valence-electron chi connectivity index (χ1n) is 13.6. The second-order valence-corrected chi connectivity index (χ2v) is 9.50. The third kappa shape index (κ3) is 10.0. The summed E-state index contributed by atoms with van der Waals surface area (Å²) in [5, 5.41) is 9.03. The van der Waals surface area contributed by atoms with E-state index >= 15 is 0 Å². The summed E-state index contributed by atoms with van der Waals surface area (Å²) in [6, 6.07) is 16.4. The van der Waals surface area contributed by atoms with Crippen molar-refractivity contribution in [3.63, 3.8) is 0 Å². The van der Waals surface area contributed by atoms with Crippen LogP contribution in [-0.4, -0.2) is 46.9 Å². The molecule has 2 aromatic carbocycles. The number of benzene rings is 2. The third-order valence-electron chi connectivity index (χ3n) is 6.39. The van der Waals surface area contributed by atoms with Crippen molar-refractivity contribution < 1.29 is 79.6 Å². The molecule has 2 N–H and O–H groups in total. The molecule has 0 saturated carbocycles. The van der Waals surface area contributed by atoms with E-state index in [0.717, 1.165) is 25.3 Å². The van der Waals surface area contributed by atoms with Crippen LogP contribution in [0.1, 0.15) is 0 Å². The molecule has 0 aliphatic carbocycles. The Hall–Kier alpha value is -4.97. The zero-order valence-corrected chi connectivity index (χ0v) is 28.1. The van der Waals surface area contributed by atoms with Gasteiger partial charge in [-0.2, -0.15) is 7.11 Å². The molecule has 10 nitrogen and oxygen atoms in total. The van der Waals surface area contributed by atoms with E-state index in [0.29, 0.717) is 33.1 Å². The summed E-state index contributed by atoms with van der Waals surface area (Å²) in [7, 11) is 1.98. The Balaban J connectivity index is 0.000000253. The van der Waals surface area contributed by atoms with Crippen molar-refractivity contribution in [3.05, 3.63) is 112 Å². The maximum Gasteiger partial charge on any atom is 1.00 e. The zero-order chi connectivity index (χ0) is 35.9. The van der Waals surface area contributed by atoms with Crippen LogP contribution in [-0.2, 0) is 0 Å². The number of aromatic nitrogens is 4. The van der Waals surface area contributed by atoms with Crippen molar-refractivity contribution in [2.45, 2.75) is 12.7 Å². The third-order valence-corrected chi connectivity index (χ3v) is 6.39. The van der Waals surface area contributed by atoms with E-state index in [4.69, 9.17) is 9.84 Å². The van der Waals surface area contributed by atoms with Crippen LogP contribution in [0.2, 0.25) is 0 Å². The van der Waals surface area contributed by atoms with Crippen molar-refractivity contribution >= 4 is 21.8 Å². The molecular formula is C32H22F7N4NaO6. The molecule has 0 amide bonds. The maximum absolute atomic E-state index is 13.7. The molecule has 0 aliphatic heterocycles. The van der Waals surface area contributed by atoms with Crippen LogP contribution in [0.5, 0.6) is 17.2 Å². The van der Waals surface area contributed by atoms with Crippen LogP contribution in [0.15, 0.2) is 94.8 Å². The fraction of sp³-hybridized carbons (Fsp3) is 0.125. The van der Waals surface area contributed by atoms with Crippen LogP contribution in [0.4, 0.5) is 30.7 Å². The zero-order valence-electron chi connectivity index (χ0n) is 26.1. The number of H-pyrrole nitrogens is 2. The molecule has 0 spiro atoms. The topological polar surface area (TPSA) is 142 Å². The first-order chi connectivity index (χ1) is 23.2. The van der Waals surface area contributed by atoms with Crippen molar-refractivity contribution in [1.29, 1.82) is 0 Å². The van der Waals surface area contributed by atoms with Gasteiger partial charge in [-0.15, -0.1) is 26.3 Å². The largest absolute Gasteiger partial charge is 1.00 e. The average Bonchev–Trinajstić information content (AvgIpc) is 3.06. The van der Waals surface area contributed by atoms with Gasteiger partial charge in [0.15, 0.2) is 23.1 Å². The van der Waals surface area contributed by atoms with E-state index in [-0.39, 0.29) is 52.1 Å². The molecular weight excluding hydrogens is 692 g/mol. The second-order valence-electron chi connectivity index (χ2n) is 9.50. The van der Waals surface area contributed by atoms with E-state index < -0.39 is 35.6 Å². The fourth-order valence-electron chi connectivity index (χ4n) is 4.40. The summed E-state index contributed by atoms with van der Waals surface area (Å²) in [6.45, 7) is 0. The average molecular weight is 715 g/mol. The van der Waals surface area contributed by atoms with Gasteiger partial charge in [0.05, 0.1) is 40.3 Å². The van der Waals surface area contributed by atoms with Crippen LogP contribution in [0.25, 0.3) is 44.3 Å². The molecule has 0 unspecified atom stereocenters. The summed E-state index contributed by atoms with van der Waals surface area (Å²) in [6.07, 6.45) is -6.77. The van der Waals surface area contributed by atoms with E-state index in [1.165, 1.54) is 37.6 Å². The molecule has 256 valence electrons. The molecule has 0 aliphatic rings. The Morgan fingerprint density at radius 3 is 1.52 bits per heavy atom. The Morgan fingerprint density at radius 1 is 0.640 bits per heavy atom. The Bertz CT molecular complexity index is 2210. The molecule has 4 heterocycles. The molecule has 50 heavy (non-hydrogen) atoms. The molecule has 0 radical (unpaired) electrons. The van der Waals surface area contributed by atoms with Crippen LogP contribution in [0, 0.1) is 5.82 Å². The SMILES string of the molecule is COc1cc(-c2cc3ncccc3c(=O)[nH]2)ccc1OC(F)(F)F.C[O-].O=c1[nH]c(-c2ccc(OC(F)(F)F)c(F)c2)cc2ncccc12.[Na+]. The summed E-state index contributed by atoms with van der Waals surface area (Å²) in [5.74, 6) is -2.70. The quantitative estimate of drug-likeness (QED) is 0.205. The number of fused-ring (bicyclic) bond motifs is 2. The number of nitrogens with one attached hydrogen (secondary N) is 2. The Labute approximate surface area is 298 Å². The number of hydrogen-bond donors (Lipinski definition) is 2. The predicted octanol–water partition coefficient (Wildman–Crippen LogP) is 3.11. The van der Waals surface area contributed by atoms with Crippen molar-refractivity contribution in [1.82, 2.24) is 19.9 Å². The van der Waals surface area contributed by atoms with Gasteiger partial charge in [0.1, 0.15) is 0 Å². The van der Waals surface area contributed by atoms with Crippen LogP contribution < -0.4 is 60.0 Å². The van der Waals surface area contributed by atoms with Gasteiger partial charge in [0.2, 0.25) is 0 Å². The van der Waals surface area contributed by atoms with Gasteiger partial charge < -0.3 is 29.3 Å². The van der Waals surface area contributed by atoms with E-state index in [1.807, 2.05) is 0 Å². The Morgan fingerprint density at radius 2 is 1.08 bits per heavy atom. The molecule has 0 saturated heterocycles.